The number of rotatable bonds is 7. The molecule has 1 aromatic rings. The van der Waals surface area contributed by atoms with Crippen LogP contribution in [0.15, 0.2) is 18.2 Å². The predicted molar refractivity (Wildman–Crippen MR) is 100 cm³/mol. The summed E-state index contributed by atoms with van der Waals surface area (Å²) in [5.74, 6) is 4.02. The number of halogens is 2. The molecule has 0 radical (unpaired) electrons. The van der Waals surface area contributed by atoms with E-state index in [1.54, 1.807) is 21.3 Å². The van der Waals surface area contributed by atoms with Gasteiger partial charge in [-0.1, -0.05) is 31.9 Å². The van der Waals surface area contributed by atoms with Gasteiger partial charge in [0.25, 0.3) is 0 Å². The van der Waals surface area contributed by atoms with Gasteiger partial charge in [-0.05, 0) is 24.4 Å². The highest BCUT2D eigenvalue weighted by Gasteiger charge is 2.20. The molecule has 1 rings (SSSR count). The second kappa shape index (κ2) is 11.8. The summed E-state index contributed by atoms with van der Waals surface area (Å²) in [4.78, 5) is 0.193. The van der Waals surface area contributed by atoms with Crippen LogP contribution in [0.4, 0.5) is 0 Å². The van der Waals surface area contributed by atoms with Crippen LogP contribution in [0, 0.1) is 0 Å². The molecule has 2 N–H and O–H groups in total. The largest absolute Gasteiger partial charge is 0.496 e. The van der Waals surface area contributed by atoms with Crippen LogP contribution in [0.25, 0.3) is 5.57 Å². The Balaban J connectivity index is 0.00000211. The Morgan fingerprint density at radius 1 is 1.14 bits per heavy atom. The summed E-state index contributed by atoms with van der Waals surface area (Å²) in [5.41, 5.74) is 2.10. The van der Waals surface area contributed by atoms with Crippen LogP contribution >= 0.6 is 31.9 Å². The van der Waals surface area contributed by atoms with Gasteiger partial charge in [0.2, 0.25) is 0 Å². The van der Waals surface area contributed by atoms with Gasteiger partial charge in [0.1, 0.15) is 17.2 Å². The number of quaternary nitrogens is 1. The molecule has 0 fully saturated rings. The van der Waals surface area contributed by atoms with Gasteiger partial charge >= 0.3 is 0 Å². The monoisotopic (exact) mass is 438 g/mol. The Morgan fingerprint density at radius 2 is 1.64 bits per heavy atom. The summed E-state index contributed by atoms with van der Waals surface area (Å²) in [6, 6.07) is 3.74. The van der Waals surface area contributed by atoms with E-state index in [1.165, 1.54) is 0 Å². The van der Waals surface area contributed by atoms with Crippen LogP contribution < -0.4 is 19.5 Å². The highest BCUT2D eigenvalue weighted by atomic mass is 79.9. The van der Waals surface area contributed by atoms with E-state index < -0.39 is 0 Å². The van der Waals surface area contributed by atoms with Gasteiger partial charge in [0.15, 0.2) is 0 Å². The fourth-order valence-electron chi connectivity index (χ4n) is 2.00. The average molecular weight is 440 g/mol. The van der Waals surface area contributed by atoms with Crippen molar-refractivity contribution >= 4 is 37.4 Å². The highest BCUT2D eigenvalue weighted by Crippen LogP contribution is 2.41. The number of benzene rings is 1. The number of alkyl halides is 2. The van der Waals surface area contributed by atoms with Gasteiger partial charge in [-0.3, -0.25) is 0 Å². The first kappa shape index (κ1) is 21.3. The maximum Gasteiger partial charge on any atom is 0.133 e. The molecule has 0 spiro atoms. The van der Waals surface area contributed by atoms with E-state index in [1.807, 2.05) is 25.0 Å². The molecule has 1 atom stereocenters. The van der Waals surface area contributed by atoms with Crippen LogP contribution in [-0.4, -0.2) is 45.6 Å². The first-order chi connectivity index (χ1) is 10.6. The maximum atomic E-state index is 5.51. The molecule has 22 heavy (non-hydrogen) atoms. The third-order valence-corrected chi connectivity index (χ3v) is 3.50. The zero-order valence-electron chi connectivity index (χ0n) is 14.1. The van der Waals surface area contributed by atoms with Gasteiger partial charge in [0, 0.05) is 17.0 Å². The first-order valence-electron chi connectivity index (χ1n) is 6.89. The van der Waals surface area contributed by atoms with E-state index in [2.05, 4.69) is 50.2 Å². The van der Waals surface area contributed by atoms with Crippen LogP contribution in [0.1, 0.15) is 12.5 Å². The number of likely N-dealkylation sites (N-methyl/N-ethyl adjacent to an activating group) is 1. The van der Waals surface area contributed by atoms with Gasteiger partial charge in [0.05, 0.1) is 40.5 Å². The van der Waals surface area contributed by atoms with Crippen LogP contribution in [-0.2, 0) is 0 Å². The summed E-state index contributed by atoms with van der Waals surface area (Å²) in [6.45, 7) is 2.98. The van der Waals surface area contributed by atoms with E-state index in [4.69, 9.17) is 14.2 Å². The lowest BCUT2D eigenvalue weighted by Crippen LogP contribution is -2.79. The summed E-state index contributed by atoms with van der Waals surface area (Å²) in [7, 11) is 6.97. The Labute approximate surface area is 150 Å². The molecule has 0 heterocycles. The van der Waals surface area contributed by atoms with E-state index in [9.17, 15) is 0 Å². The molecule has 0 saturated carbocycles. The number of hydrogen-bond donors (Lipinski definition) is 1. The zero-order chi connectivity index (χ0) is 17.1. The van der Waals surface area contributed by atoms with E-state index in [0.717, 1.165) is 29.2 Å². The molecule has 0 bridgehead atoms. The standard InChI is InChI=1S/C15H22BrNO3.CH3Br/c1-10(16)12(6-7-17-2)15-13(19-4)8-11(18-3)9-14(15)20-5;1-2/h6,8-10,17H,7H2,1-5H3;1H3/p+1/b12-6+;. The van der Waals surface area contributed by atoms with Crippen molar-refractivity contribution < 1.29 is 19.5 Å². The van der Waals surface area contributed by atoms with Crippen molar-refractivity contribution in [2.75, 3.05) is 40.8 Å². The minimum Gasteiger partial charge on any atom is -0.496 e. The second-order valence-electron chi connectivity index (χ2n) is 4.33. The van der Waals surface area contributed by atoms with Crippen molar-refractivity contribution in [1.82, 2.24) is 0 Å². The third-order valence-electron chi connectivity index (χ3n) is 3.01. The lowest BCUT2D eigenvalue weighted by atomic mass is 10.00. The summed E-state index contributed by atoms with van der Waals surface area (Å²) >= 11 is 6.58. The quantitative estimate of drug-likeness (QED) is 0.664. The SMILES string of the molecule is CBr.C[NH2+]C/C=C(/c1c(OC)cc(OC)cc1OC)C(C)Br. The number of ether oxygens (including phenoxy) is 3. The molecule has 0 aliphatic carbocycles. The topological polar surface area (TPSA) is 44.3 Å². The van der Waals surface area contributed by atoms with Crippen LogP contribution in [0.3, 0.4) is 0 Å². The second-order valence-corrected chi connectivity index (χ2v) is 5.70. The lowest BCUT2D eigenvalue weighted by Gasteiger charge is -2.19. The van der Waals surface area contributed by atoms with E-state index in [0.29, 0.717) is 5.75 Å². The Bertz CT molecular complexity index is 451. The number of methoxy groups -OCH3 is 3. The van der Waals surface area contributed by atoms with Crippen LogP contribution in [0.5, 0.6) is 17.2 Å². The summed E-state index contributed by atoms with van der Waals surface area (Å²) < 4.78 is 16.3. The average Bonchev–Trinajstić information content (AvgIpc) is 2.56. The van der Waals surface area contributed by atoms with Gasteiger partial charge in [-0.15, -0.1) is 0 Å². The Hall–Kier alpha value is -0.720. The van der Waals surface area contributed by atoms with E-state index >= 15 is 0 Å². The van der Waals surface area contributed by atoms with Crippen LogP contribution in [0.2, 0.25) is 0 Å². The highest BCUT2D eigenvalue weighted by molar-refractivity contribution is 9.09. The normalized spacial score (nSPS) is 12.1. The maximum absolute atomic E-state index is 5.51. The van der Waals surface area contributed by atoms with Crippen molar-refractivity contribution in [3.05, 3.63) is 23.8 Å². The fourth-order valence-corrected chi connectivity index (χ4v) is 2.41. The molecule has 1 aromatic carbocycles. The molecule has 0 aliphatic heterocycles. The molecule has 126 valence electrons. The zero-order valence-corrected chi connectivity index (χ0v) is 17.2. The van der Waals surface area contributed by atoms with Crippen molar-refractivity contribution in [2.45, 2.75) is 11.8 Å². The molecular weight excluding hydrogens is 414 g/mol. The molecular formula is C16H26Br2NO3+. The molecule has 0 amide bonds. The van der Waals surface area contributed by atoms with Gasteiger partial charge in [-0.2, -0.15) is 0 Å². The summed E-state index contributed by atoms with van der Waals surface area (Å²) in [5, 5.41) is 2.11. The molecule has 0 aliphatic rings. The van der Waals surface area contributed by atoms with Crippen molar-refractivity contribution in [3.8, 4) is 17.2 Å². The van der Waals surface area contributed by atoms with Crippen molar-refractivity contribution in [2.24, 2.45) is 0 Å². The summed E-state index contributed by atoms with van der Waals surface area (Å²) in [6.07, 6.45) is 2.17. The Kier molecular flexibility index (Phi) is 11.4. The minimum atomic E-state index is 0.193. The number of hydrogen-bond acceptors (Lipinski definition) is 3. The molecule has 0 aromatic heterocycles. The predicted octanol–water partition coefficient (Wildman–Crippen LogP) is 3.08. The fraction of sp³-hybridized carbons (Fsp3) is 0.500. The minimum absolute atomic E-state index is 0.193. The smallest absolute Gasteiger partial charge is 0.133 e. The lowest BCUT2D eigenvalue weighted by molar-refractivity contribution is -0.617. The number of allylic oxidation sites excluding steroid dienone is 1. The molecule has 1 unspecified atom stereocenters. The van der Waals surface area contributed by atoms with Crippen molar-refractivity contribution in [3.63, 3.8) is 0 Å². The Morgan fingerprint density at radius 3 is 1.95 bits per heavy atom. The van der Waals surface area contributed by atoms with Gasteiger partial charge < -0.3 is 19.5 Å². The third kappa shape index (κ3) is 5.82. The van der Waals surface area contributed by atoms with Gasteiger partial charge in [-0.25, -0.2) is 0 Å². The van der Waals surface area contributed by atoms with Crippen molar-refractivity contribution in [1.29, 1.82) is 0 Å². The number of nitrogens with two attached hydrogens (primary N) is 1. The molecule has 4 nitrogen and oxygen atoms in total. The molecule has 0 saturated heterocycles. The van der Waals surface area contributed by atoms with E-state index in [-0.39, 0.29) is 4.83 Å². The molecule has 6 heteroatoms. The first-order valence-corrected chi connectivity index (χ1v) is 9.39.